The van der Waals surface area contributed by atoms with Crippen LogP contribution in [-0.4, -0.2) is 87.5 Å². The minimum absolute atomic E-state index is 0.0456. The zero-order valence-electron chi connectivity index (χ0n) is 20.7. The summed E-state index contributed by atoms with van der Waals surface area (Å²) in [6, 6.07) is 3.97. The molecule has 1 saturated heterocycles. The van der Waals surface area contributed by atoms with Gasteiger partial charge < -0.3 is 10.4 Å². The topological polar surface area (TPSA) is 154 Å². The second-order valence-corrected chi connectivity index (χ2v) is 12.9. The Bertz CT molecular complexity index is 1550. The highest BCUT2D eigenvalue weighted by Gasteiger charge is 2.32. The largest absolute Gasteiger partial charge is 0.465 e. The average Bonchev–Trinajstić information content (AvgIpc) is 3.49. The number of anilines is 2. The fraction of sp³-hybridized carbons (Fsp3) is 0.348. The standard InChI is InChI=1S/C23H26N8O4S3/c1-14(27-20-19-18(25-13-26-20)17(12-36-19)16-4-3-5-24-10-16)11-30-6-8-31(9-7-30)38(34,35)21-15(2)28-22(37-21)29-23(32)33/h3-5,10,12-14H,6-9,11H2,1-2H3,(H,28,29)(H,32,33)(H,25,26,27)/t14-/m0/s1. The van der Waals surface area contributed by atoms with Crippen LogP contribution in [0.5, 0.6) is 0 Å². The molecule has 15 heteroatoms. The van der Waals surface area contributed by atoms with Gasteiger partial charge >= 0.3 is 6.09 Å². The molecular weight excluding hydrogens is 549 g/mol. The second-order valence-electron chi connectivity index (χ2n) is 8.86. The van der Waals surface area contributed by atoms with Crippen LogP contribution in [0.1, 0.15) is 12.6 Å². The number of nitrogens with one attached hydrogen (secondary N) is 2. The smallest absolute Gasteiger partial charge is 0.410 e. The van der Waals surface area contributed by atoms with Crippen LogP contribution in [0, 0.1) is 6.92 Å². The fourth-order valence-electron chi connectivity index (χ4n) is 4.38. The highest BCUT2D eigenvalue weighted by Crippen LogP contribution is 2.35. The molecule has 1 amide bonds. The van der Waals surface area contributed by atoms with E-state index in [9.17, 15) is 13.2 Å². The molecule has 0 aliphatic carbocycles. The highest BCUT2D eigenvalue weighted by molar-refractivity contribution is 7.91. The van der Waals surface area contributed by atoms with Crippen LogP contribution in [0.15, 0.2) is 40.4 Å². The number of hydrogen-bond acceptors (Lipinski definition) is 11. The van der Waals surface area contributed by atoms with Crippen LogP contribution in [0.4, 0.5) is 15.7 Å². The monoisotopic (exact) mass is 574 g/mol. The molecule has 200 valence electrons. The third-order valence-electron chi connectivity index (χ3n) is 6.11. The van der Waals surface area contributed by atoms with E-state index in [1.807, 2.05) is 18.3 Å². The van der Waals surface area contributed by atoms with Crippen molar-refractivity contribution in [2.75, 3.05) is 43.4 Å². The second kappa shape index (κ2) is 10.9. The van der Waals surface area contributed by atoms with Crippen LogP contribution in [-0.2, 0) is 10.0 Å². The zero-order chi connectivity index (χ0) is 26.9. The summed E-state index contributed by atoms with van der Waals surface area (Å²) >= 11 is 2.42. The number of thiazole rings is 1. The third-order valence-corrected chi connectivity index (χ3v) is 10.6. The number of piperazine rings is 1. The first-order valence-electron chi connectivity index (χ1n) is 11.8. The summed E-state index contributed by atoms with van der Waals surface area (Å²) in [5.41, 5.74) is 3.20. The maximum Gasteiger partial charge on any atom is 0.410 e. The molecule has 0 spiro atoms. The van der Waals surface area contributed by atoms with Gasteiger partial charge in [-0.05, 0) is 19.9 Å². The van der Waals surface area contributed by atoms with Gasteiger partial charge in [-0.3, -0.25) is 15.2 Å². The van der Waals surface area contributed by atoms with Crippen molar-refractivity contribution in [3.63, 3.8) is 0 Å². The van der Waals surface area contributed by atoms with Gasteiger partial charge in [0.1, 0.15) is 12.1 Å². The number of carboxylic acid groups (broad SMARTS) is 1. The van der Waals surface area contributed by atoms with Crippen molar-refractivity contribution in [1.82, 2.24) is 29.1 Å². The van der Waals surface area contributed by atoms with Crippen LogP contribution >= 0.6 is 22.7 Å². The van der Waals surface area contributed by atoms with Crippen molar-refractivity contribution in [2.24, 2.45) is 0 Å². The van der Waals surface area contributed by atoms with E-state index in [0.29, 0.717) is 32.7 Å². The summed E-state index contributed by atoms with van der Waals surface area (Å²) in [6.45, 7) is 6.18. The number of sulfonamides is 1. The Kier molecular flexibility index (Phi) is 7.54. The Morgan fingerprint density at radius 2 is 2.03 bits per heavy atom. The van der Waals surface area contributed by atoms with E-state index in [1.165, 1.54) is 4.31 Å². The lowest BCUT2D eigenvalue weighted by molar-refractivity contribution is 0.184. The highest BCUT2D eigenvalue weighted by atomic mass is 32.2. The van der Waals surface area contributed by atoms with Gasteiger partial charge in [-0.15, -0.1) is 11.3 Å². The Morgan fingerprint density at radius 1 is 1.24 bits per heavy atom. The molecule has 0 unspecified atom stereocenters. The third kappa shape index (κ3) is 5.47. The normalized spacial score (nSPS) is 15.9. The van der Waals surface area contributed by atoms with Gasteiger partial charge in [0.2, 0.25) is 0 Å². The Hall–Kier alpha value is -3.24. The summed E-state index contributed by atoms with van der Waals surface area (Å²) in [4.78, 5) is 30.3. The number of aryl methyl sites for hydroxylation is 1. The molecule has 4 aromatic heterocycles. The number of amides is 1. The Morgan fingerprint density at radius 3 is 2.74 bits per heavy atom. The van der Waals surface area contributed by atoms with Crippen molar-refractivity contribution in [3.05, 3.63) is 41.9 Å². The molecular formula is C23H26N8O4S3. The number of fused-ring (bicyclic) bond motifs is 1. The molecule has 3 N–H and O–H groups in total. The Labute approximate surface area is 227 Å². The first-order chi connectivity index (χ1) is 18.2. The minimum atomic E-state index is -3.76. The number of nitrogens with zero attached hydrogens (tertiary/aromatic N) is 6. The molecule has 5 rings (SSSR count). The lowest BCUT2D eigenvalue weighted by atomic mass is 10.1. The van der Waals surface area contributed by atoms with Gasteiger partial charge in [0, 0.05) is 67.7 Å². The number of pyridine rings is 1. The van der Waals surface area contributed by atoms with E-state index in [1.54, 1.807) is 30.8 Å². The molecule has 0 radical (unpaired) electrons. The lowest BCUT2D eigenvalue weighted by Gasteiger charge is -2.35. The lowest BCUT2D eigenvalue weighted by Crippen LogP contribution is -2.50. The first kappa shape index (κ1) is 26.4. The molecule has 5 heterocycles. The number of carbonyl (C=O) groups is 1. The van der Waals surface area contributed by atoms with Crippen LogP contribution < -0.4 is 10.6 Å². The number of thiophene rings is 1. The predicted molar refractivity (Wildman–Crippen MR) is 147 cm³/mol. The van der Waals surface area contributed by atoms with Crippen molar-refractivity contribution >= 4 is 60.0 Å². The molecule has 12 nitrogen and oxygen atoms in total. The molecule has 1 aliphatic rings. The van der Waals surface area contributed by atoms with Gasteiger partial charge in [0.15, 0.2) is 9.34 Å². The van der Waals surface area contributed by atoms with E-state index in [4.69, 9.17) is 5.11 Å². The minimum Gasteiger partial charge on any atom is -0.465 e. The fourth-order valence-corrected chi connectivity index (χ4v) is 8.33. The van der Waals surface area contributed by atoms with E-state index < -0.39 is 16.1 Å². The quantitative estimate of drug-likeness (QED) is 0.285. The molecule has 0 aromatic carbocycles. The summed E-state index contributed by atoms with van der Waals surface area (Å²) in [5, 5.41) is 16.6. The summed E-state index contributed by atoms with van der Waals surface area (Å²) in [6.07, 6.45) is 3.84. The van der Waals surface area contributed by atoms with Crippen molar-refractivity contribution in [2.45, 2.75) is 24.1 Å². The van der Waals surface area contributed by atoms with E-state index in [0.717, 1.165) is 38.5 Å². The number of rotatable bonds is 8. The van der Waals surface area contributed by atoms with E-state index >= 15 is 0 Å². The van der Waals surface area contributed by atoms with Gasteiger partial charge in [0.25, 0.3) is 10.0 Å². The molecule has 1 atom stereocenters. The van der Waals surface area contributed by atoms with Gasteiger partial charge in [-0.25, -0.2) is 28.2 Å². The molecule has 1 fully saturated rings. The maximum absolute atomic E-state index is 13.2. The number of aromatic nitrogens is 4. The SMILES string of the molecule is Cc1nc(NC(=O)O)sc1S(=O)(=O)N1CCN(C[C@H](C)Nc2ncnc3c(-c4cccnc4)csc23)CC1. The van der Waals surface area contributed by atoms with Crippen LogP contribution in [0.2, 0.25) is 0 Å². The Balaban J connectivity index is 1.21. The average molecular weight is 575 g/mol. The predicted octanol–water partition coefficient (Wildman–Crippen LogP) is 3.42. The molecule has 1 aliphatic heterocycles. The molecule has 0 bridgehead atoms. The zero-order valence-corrected chi connectivity index (χ0v) is 23.1. The van der Waals surface area contributed by atoms with E-state index in [2.05, 4.69) is 47.8 Å². The van der Waals surface area contributed by atoms with Crippen LogP contribution in [0.25, 0.3) is 21.3 Å². The van der Waals surface area contributed by atoms with Crippen molar-refractivity contribution < 1.29 is 18.3 Å². The molecule has 0 saturated carbocycles. The van der Waals surface area contributed by atoms with Gasteiger partial charge in [-0.1, -0.05) is 17.4 Å². The van der Waals surface area contributed by atoms with E-state index in [-0.39, 0.29) is 21.1 Å². The summed E-state index contributed by atoms with van der Waals surface area (Å²) < 4.78 is 28.8. The number of hydrogen-bond donors (Lipinski definition) is 3. The van der Waals surface area contributed by atoms with Crippen molar-refractivity contribution in [3.8, 4) is 11.1 Å². The van der Waals surface area contributed by atoms with Crippen molar-refractivity contribution in [1.29, 1.82) is 0 Å². The molecule has 38 heavy (non-hydrogen) atoms. The summed E-state index contributed by atoms with van der Waals surface area (Å²) in [5.74, 6) is 0.773. The first-order valence-corrected chi connectivity index (χ1v) is 14.9. The molecule has 4 aromatic rings. The van der Waals surface area contributed by atoms with Gasteiger partial charge in [0.05, 0.1) is 15.9 Å². The summed E-state index contributed by atoms with van der Waals surface area (Å²) in [7, 11) is -3.76. The van der Waals surface area contributed by atoms with Crippen LogP contribution in [0.3, 0.4) is 0 Å². The van der Waals surface area contributed by atoms with Gasteiger partial charge in [-0.2, -0.15) is 4.31 Å². The maximum atomic E-state index is 13.2.